The van der Waals surface area contributed by atoms with Crippen molar-refractivity contribution in [3.05, 3.63) is 100 Å². The average Bonchev–Trinajstić information content (AvgIpc) is 2.86. The highest BCUT2D eigenvalue weighted by Crippen LogP contribution is 2.28. The second kappa shape index (κ2) is 12.3. The van der Waals surface area contributed by atoms with Crippen LogP contribution in [0, 0.1) is 0 Å². The molecule has 0 saturated heterocycles. The number of halogens is 2. The maximum atomic E-state index is 13.8. The van der Waals surface area contributed by atoms with Crippen LogP contribution in [-0.2, 0) is 32.6 Å². The van der Waals surface area contributed by atoms with Gasteiger partial charge in [0.2, 0.25) is 21.8 Å². The molecule has 0 aromatic heterocycles. The molecule has 0 bridgehead atoms. The van der Waals surface area contributed by atoms with Crippen LogP contribution < -0.4 is 9.62 Å². The molecule has 0 aliphatic rings. The monoisotopic (exact) mass is 547 g/mol. The summed E-state index contributed by atoms with van der Waals surface area (Å²) in [5.41, 5.74) is 1.86. The summed E-state index contributed by atoms with van der Waals surface area (Å²) in [5, 5.41) is 3.05. The molecule has 190 valence electrons. The van der Waals surface area contributed by atoms with Crippen LogP contribution in [0.1, 0.15) is 11.1 Å². The lowest BCUT2D eigenvalue weighted by Gasteiger charge is -2.33. The molecule has 3 rings (SSSR count). The second-order valence-electron chi connectivity index (χ2n) is 8.20. The van der Waals surface area contributed by atoms with Crippen molar-refractivity contribution < 1.29 is 18.0 Å². The Morgan fingerprint density at radius 3 is 2.00 bits per heavy atom. The van der Waals surface area contributed by atoms with Crippen molar-refractivity contribution in [3.8, 4) is 0 Å². The van der Waals surface area contributed by atoms with Crippen molar-refractivity contribution in [2.75, 3.05) is 24.2 Å². The van der Waals surface area contributed by atoms with Crippen LogP contribution in [0.5, 0.6) is 0 Å². The minimum absolute atomic E-state index is 0.115. The number of likely N-dealkylation sites (N-methyl/N-ethyl adjacent to an activating group) is 1. The number of hydrogen-bond acceptors (Lipinski definition) is 4. The van der Waals surface area contributed by atoms with E-state index in [1.807, 2.05) is 60.7 Å². The fourth-order valence-corrected chi connectivity index (χ4v) is 4.89. The second-order valence-corrected chi connectivity index (χ2v) is 10.9. The lowest BCUT2D eigenvalue weighted by atomic mass is 10.0. The van der Waals surface area contributed by atoms with Gasteiger partial charge < -0.3 is 10.2 Å². The van der Waals surface area contributed by atoms with Gasteiger partial charge in [0.05, 0.1) is 22.0 Å². The highest BCUT2D eigenvalue weighted by atomic mass is 35.5. The predicted molar refractivity (Wildman–Crippen MR) is 144 cm³/mol. The first-order valence-corrected chi connectivity index (χ1v) is 13.7. The molecule has 0 unspecified atom stereocenters. The largest absolute Gasteiger partial charge is 0.357 e. The Morgan fingerprint density at radius 2 is 1.47 bits per heavy atom. The van der Waals surface area contributed by atoms with Crippen molar-refractivity contribution in [2.24, 2.45) is 0 Å². The molecule has 0 heterocycles. The van der Waals surface area contributed by atoms with E-state index in [-0.39, 0.29) is 34.6 Å². The van der Waals surface area contributed by atoms with Gasteiger partial charge in [-0.1, -0.05) is 83.9 Å². The van der Waals surface area contributed by atoms with Crippen molar-refractivity contribution in [1.29, 1.82) is 0 Å². The zero-order valence-corrected chi connectivity index (χ0v) is 22.2. The zero-order chi connectivity index (χ0) is 26.3. The highest BCUT2D eigenvalue weighted by molar-refractivity contribution is 7.92. The van der Waals surface area contributed by atoms with Gasteiger partial charge in [-0.3, -0.25) is 13.9 Å². The molecule has 1 N–H and O–H groups in total. The Balaban J connectivity index is 2.01. The van der Waals surface area contributed by atoms with Gasteiger partial charge in [0, 0.05) is 20.0 Å². The summed E-state index contributed by atoms with van der Waals surface area (Å²) in [7, 11) is -2.37. The normalized spacial score (nSPS) is 12.0. The molecule has 0 fully saturated rings. The number of hydrogen-bond donors (Lipinski definition) is 1. The van der Waals surface area contributed by atoms with Crippen LogP contribution in [0.3, 0.4) is 0 Å². The van der Waals surface area contributed by atoms with Crippen molar-refractivity contribution in [1.82, 2.24) is 10.2 Å². The van der Waals surface area contributed by atoms with Gasteiger partial charge in [-0.05, 0) is 29.3 Å². The minimum atomic E-state index is -3.88. The summed E-state index contributed by atoms with van der Waals surface area (Å²) >= 11 is 12.1. The topological polar surface area (TPSA) is 86.8 Å². The van der Waals surface area contributed by atoms with Gasteiger partial charge in [0.1, 0.15) is 12.6 Å². The molecular formula is C26H27Cl2N3O4S. The SMILES string of the molecule is CNC(=O)[C@H](Cc1ccccc1)N(Cc1ccccc1)C(=O)CN(c1ccc(Cl)c(Cl)c1)S(C)(=O)=O. The van der Waals surface area contributed by atoms with E-state index < -0.39 is 28.5 Å². The number of sulfonamides is 1. The number of nitrogens with zero attached hydrogens (tertiary/aromatic N) is 2. The van der Waals surface area contributed by atoms with Crippen LogP contribution in [0.15, 0.2) is 78.9 Å². The first-order chi connectivity index (χ1) is 17.1. The number of rotatable bonds is 10. The minimum Gasteiger partial charge on any atom is -0.357 e. The number of carbonyl (C=O) groups excluding carboxylic acids is 2. The zero-order valence-electron chi connectivity index (χ0n) is 19.9. The summed E-state index contributed by atoms with van der Waals surface area (Å²) < 4.78 is 26.3. The third kappa shape index (κ3) is 7.22. The Kier molecular flexibility index (Phi) is 9.37. The van der Waals surface area contributed by atoms with Crippen LogP contribution in [0.2, 0.25) is 10.0 Å². The number of nitrogens with one attached hydrogen (secondary N) is 1. The van der Waals surface area contributed by atoms with E-state index in [1.165, 1.54) is 30.1 Å². The third-order valence-corrected chi connectivity index (χ3v) is 7.46. The molecule has 0 aliphatic carbocycles. The summed E-state index contributed by atoms with van der Waals surface area (Å²) in [4.78, 5) is 28.2. The summed E-state index contributed by atoms with van der Waals surface area (Å²) in [5.74, 6) is -0.900. The molecule has 0 aliphatic heterocycles. The van der Waals surface area contributed by atoms with Gasteiger partial charge in [-0.15, -0.1) is 0 Å². The van der Waals surface area contributed by atoms with E-state index in [9.17, 15) is 18.0 Å². The average molecular weight is 548 g/mol. The summed E-state index contributed by atoms with van der Waals surface area (Å²) in [6.07, 6.45) is 1.26. The van der Waals surface area contributed by atoms with Gasteiger partial charge in [0.25, 0.3) is 0 Å². The molecule has 3 aromatic rings. The number of carbonyl (C=O) groups is 2. The van der Waals surface area contributed by atoms with Gasteiger partial charge in [-0.2, -0.15) is 0 Å². The molecule has 1 atom stereocenters. The Hall–Kier alpha value is -3.07. The molecule has 0 radical (unpaired) electrons. The molecule has 7 nitrogen and oxygen atoms in total. The Labute approximate surface area is 221 Å². The maximum absolute atomic E-state index is 13.8. The lowest BCUT2D eigenvalue weighted by molar-refractivity contribution is -0.139. The van der Waals surface area contributed by atoms with Crippen molar-refractivity contribution in [3.63, 3.8) is 0 Å². The molecular weight excluding hydrogens is 521 g/mol. The molecule has 10 heteroatoms. The number of amides is 2. The first-order valence-electron chi connectivity index (χ1n) is 11.1. The third-order valence-electron chi connectivity index (χ3n) is 5.58. The van der Waals surface area contributed by atoms with E-state index in [0.29, 0.717) is 0 Å². The fourth-order valence-electron chi connectivity index (χ4n) is 3.75. The van der Waals surface area contributed by atoms with Gasteiger partial charge in [0.15, 0.2) is 0 Å². The lowest BCUT2D eigenvalue weighted by Crippen LogP contribution is -2.52. The van der Waals surface area contributed by atoms with E-state index in [4.69, 9.17) is 23.2 Å². The number of benzene rings is 3. The maximum Gasteiger partial charge on any atom is 0.244 e. The van der Waals surface area contributed by atoms with Crippen molar-refractivity contribution in [2.45, 2.75) is 19.0 Å². The molecule has 36 heavy (non-hydrogen) atoms. The van der Waals surface area contributed by atoms with Crippen LogP contribution in [0.25, 0.3) is 0 Å². The van der Waals surface area contributed by atoms with Gasteiger partial charge in [-0.25, -0.2) is 8.42 Å². The van der Waals surface area contributed by atoms with Gasteiger partial charge >= 0.3 is 0 Å². The standard InChI is InChI=1S/C26H27Cl2N3O4S/c1-29-26(33)24(15-19-9-5-3-6-10-19)30(17-20-11-7-4-8-12-20)25(32)18-31(36(2,34)35)21-13-14-22(27)23(28)16-21/h3-14,16,24H,15,17-18H2,1-2H3,(H,29,33)/t24-/m0/s1. The van der Waals surface area contributed by atoms with E-state index in [1.54, 1.807) is 0 Å². The summed E-state index contributed by atoms with van der Waals surface area (Å²) in [6, 6.07) is 22.0. The fraction of sp³-hybridized carbons (Fsp3) is 0.231. The predicted octanol–water partition coefficient (Wildman–Crippen LogP) is 4.15. The van der Waals surface area contributed by atoms with Crippen LogP contribution in [0.4, 0.5) is 5.69 Å². The molecule has 0 saturated carbocycles. The molecule has 0 spiro atoms. The number of anilines is 1. The van der Waals surface area contributed by atoms with E-state index in [0.717, 1.165) is 21.7 Å². The van der Waals surface area contributed by atoms with Crippen LogP contribution >= 0.6 is 23.2 Å². The molecule has 2 amide bonds. The summed E-state index contributed by atoms with van der Waals surface area (Å²) in [6.45, 7) is -0.407. The first kappa shape index (κ1) is 27.5. The highest BCUT2D eigenvalue weighted by Gasteiger charge is 2.32. The van der Waals surface area contributed by atoms with Crippen molar-refractivity contribution >= 4 is 50.7 Å². The Morgan fingerprint density at radius 1 is 0.889 bits per heavy atom. The quantitative estimate of drug-likeness (QED) is 0.413. The Bertz CT molecular complexity index is 1310. The van der Waals surface area contributed by atoms with E-state index in [2.05, 4.69) is 5.32 Å². The van der Waals surface area contributed by atoms with E-state index >= 15 is 0 Å². The smallest absolute Gasteiger partial charge is 0.244 e. The molecule has 3 aromatic carbocycles. The van der Waals surface area contributed by atoms with Crippen LogP contribution in [-0.4, -0.2) is 51.0 Å².